The van der Waals surface area contributed by atoms with Gasteiger partial charge in [0.1, 0.15) is 11.6 Å². The van der Waals surface area contributed by atoms with Crippen molar-refractivity contribution in [3.8, 4) is 5.75 Å². The average Bonchev–Trinajstić information content (AvgIpc) is 2.15. The van der Waals surface area contributed by atoms with Crippen LogP contribution in [0.4, 0.5) is 4.39 Å². The van der Waals surface area contributed by atoms with E-state index in [4.69, 9.17) is 10.5 Å². The van der Waals surface area contributed by atoms with Crippen LogP contribution in [0.5, 0.6) is 5.75 Å². The topological polar surface area (TPSA) is 52.3 Å². The molecule has 0 saturated carbocycles. The van der Waals surface area contributed by atoms with Gasteiger partial charge in [-0.1, -0.05) is 0 Å². The molecule has 0 spiro atoms. The Bertz CT molecular complexity index is 374. The Morgan fingerprint density at radius 2 is 2.29 bits per heavy atom. The minimum Gasteiger partial charge on any atom is -0.497 e. The number of halogens is 1. The third-order valence-electron chi connectivity index (χ3n) is 1.63. The van der Waals surface area contributed by atoms with Crippen LogP contribution in [0.1, 0.15) is 5.56 Å². The van der Waals surface area contributed by atoms with Gasteiger partial charge in [0.05, 0.1) is 7.11 Å². The molecular weight excluding hydrogens is 185 g/mol. The monoisotopic (exact) mass is 195 g/mol. The first-order chi connectivity index (χ1) is 6.63. The maximum absolute atomic E-state index is 13.2. The Kier molecular flexibility index (Phi) is 3.23. The highest BCUT2D eigenvalue weighted by Crippen LogP contribution is 2.16. The molecule has 1 rings (SSSR count). The van der Waals surface area contributed by atoms with E-state index in [9.17, 15) is 9.18 Å². The zero-order valence-electron chi connectivity index (χ0n) is 7.66. The Hall–Kier alpha value is -1.84. The number of methoxy groups -OCH3 is 1. The molecule has 3 nitrogen and oxygen atoms in total. The fourth-order valence-corrected chi connectivity index (χ4v) is 0.942. The lowest BCUT2D eigenvalue weighted by atomic mass is 10.2. The van der Waals surface area contributed by atoms with Gasteiger partial charge in [-0.05, 0) is 18.2 Å². The lowest BCUT2D eigenvalue weighted by Gasteiger charge is -2.01. The van der Waals surface area contributed by atoms with E-state index < -0.39 is 11.7 Å². The highest BCUT2D eigenvalue weighted by atomic mass is 19.1. The molecule has 0 aliphatic heterocycles. The molecule has 1 amide bonds. The summed E-state index contributed by atoms with van der Waals surface area (Å²) in [4.78, 5) is 10.4. The Morgan fingerprint density at radius 1 is 1.57 bits per heavy atom. The van der Waals surface area contributed by atoms with Crippen LogP contribution in [0.25, 0.3) is 6.08 Å². The number of primary amides is 1. The standard InChI is InChI=1S/C10H10FNO2/c1-14-8-4-2-7(9(11)6-8)3-5-10(12)13/h2-6H,1H3,(H2,12,13)/b5-3+. The lowest BCUT2D eigenvalue weighted by molar-refractivity contribution is -0.113. The van der Waals surface area contributed by atoms with E-state index in [1.165, 1.54) is 25.3 Å². The molecule has 0 radical (unpaired) electrons. The molecule has 2 N–H and O–H groups in total. The first kappa shape index (κ1) is 10.2. The Morgan fingerprint density at radius 3 is 2.79 bits per heavy atom. The maximum atomic E-state index is 13.2. The second-order valence-electron chi connectivity index (χ2n) is 2.62. The summed E-state index contributed by atoms with van der Waals surface area (Å²) in [6, 6.07) is 4.35. The summed E-state index contributed by atoms with van der Waals surface area (Å²) < 4.78 is 18.0. The molecule has 74 valence electrons. The molecule has 4 heteroatoms. The van der Waals surface area contributed by atoms with Crippen molar-refractivity contribution in [3.05, 3.63) is 35.7 Å². The summed E-state index contributed by atoms with van der Waals surface area (Å²) in [6.45, 7) is 0. The summed E-state index contributed by atoms with van der Waals surface area (Å²) in [6.07, 6.45) is 2.42. The van der Waals surface area contributed by atoms with Crippen LogP contribution < -0.4 is 10.5 Å². The number of rotatable bonds is 3. The van der Waals surface area contributed by atoms with Crippen molar-refractivity contribution in [1.82, 2.24) is 0 Å². The summed E-state index contributed by atoms with van der Waals surface area (Å²) in [5.41, 5.74) is 5.17. The lowest BCUT2D eigenvalue weighted by Crippen LogP contribution is -2.05. The van der Waals surface area contributed by atoms with Crippen molar-refractivity contribution < 1.29 is 13.9 Å². The number of ether oxygens (including phenoxy) is 1. The number of amides is 1. The van der Waals surface area contributed by atoms with Gasteiger partial charge in [0, 0.05) is 17.7 Å². The van der Waals surface area contributed by atoms with E-state index >= 15 is 0 Å². The van der Waals surface area contributed by atoms with Gasteiger partial charge in [0.25, 0.3) is 0 Å². The van der Waals surface area contributed by atoms with Crippen LogP contribution in [0.2, 0.25) is 0 Å². The molecule has 0 aliphatic rings. The van der Waals surface area contributed by atoms with Crippen molar-refractivity contribution in [3.63, 3.8) is 0 Å². The molecule has 0 heterocycles. The van der Waals surface area contributed by atoms with E-state index in [0.29, 0.717) is 11.3 Å². The third kappa shape index (κ3) is 2.58. The summed E-state index contributed by atoms with van der Waals surface area (Å²) in [5.74, 6) is -0.638. The minimum atomic E-state index is -0.611. The maximum Gasteiger partial charge on any atom is 0.241 e. The average molecular weight is 195 g/mol. The van der Waals surface area contributed by atoms with Gasteiger partial charge in [-0.25, -0.2) is 4.39 Å². The molecule has 0 bridgehead atoms. The largest absolute Gasteiger partial charge is 0.497 e. The van der Waals surface area contributed by atoms with Crippen molar-refractivity contribution >= 4 is 12.0 Å². The number of hydrogen-bond acceptors (Lipinski definition) is 2. The number of nitrogens with two attached hydrogens (primary N) is 1. The molecule has 0 saturated heterocycles. The van der Waals surface area contributed by atoms with Crippen molar-refractivity contribution in [2.24, 2.45) is 5.73 Å². The smallest absolute Gasteiger partial charge is 0.241 e. The van der Waals surface area contributed by atoms with Crippen LogP contribution in [0, 0.1) is 5.82 Å². The predicted molar refractivity (Wildman–Crippen MR) is 51.2 cm³/mol. The highest BCUT2D eigenvalue weighted by Gasteiger charge is 2.00. The van der Waals surface area contributed by atoms with Gasteiger partial charge in [-0.2, -0.15) is 0 Å². The Balaban J connectivity index is 2.94. The normalized spacial score (nSPS) is 10.4. The molecular formula is C10H10FNO2. The first-order valence-electron chi connectivity index (χ1n) is 3.94. The quantitative estimate of drug-likeness (QED) is 0.740. The molecule has 0 fully saturated rings. The zero-order valence-corrected chi connectivity index (χ0v) is 7.66. The fourth-order valence-electron chi connectivity index (χ4n) is 0.942. The van der Waals surface area contributed by atoms with Crippen molar-refractivity contribution in [1.29, 1.82) is 0 Å². The van der Waals surface area contributed by atoms with Crippen LogP contribution in [-0.2, 0) is 4.79 Å². The molecule has 14 heavy (non-hydrogen) atoms. The van der Waals surface area contributed by atoms with E-state index in [1.54, 1.807) is 6.07 Å². The Labute approximate surface area is 81.0 Å². The van der Waals surface area contributed by atoms with Crippen molar-refractivity contribution in [2.45, 2.75) is 0 Å². The molecule has 0 atom stereocenters. The number of hydrogen-bond donors (Lipinski definition) is 1. The van der Waals surface area contributed by atoms with Gasteiger partial charge in [0.15, 0.2) is 0 Å². The van der Waals surface area contributed by atoms with Gasteiger partial charge in [-0.15, -0.1) is 0 Å². The molecule has 1 aromatic rings. The van der Waals surface area contributed by atoms with Gasteiger partial charge in [-0.3, -0.25) is 4.79 Å². The van der Waals surface area contributed by atoms with Crippen LogP contribution in [0.3, 0.4) is 0 Å². The van der Waals surface area contributed by atoms with Crippen molar-refractivity contribution in [2.75, 3.05) is 7.11 Å². The molecule has 0 aliphatic carbocycles. The number of carbonyl (C=O) groups excluding carboxylic acids is 1. The van der Waals surface area contributed by atoms with Gasteiger partial charge < -0.3 is 10.5 Å². The van der Waals surface area contributed by atoms with E-state index in [-0.39, 0.29) is 0 Å². The van der Waals surface area contributed by atoms with Gasteiger partial charge in [0.2, 0.25) is 5.91 Å². The summed E-state index contributed by atoms with van der Waals surface area (Å²) >= 11 is 0. The summed E-state index contributed by atoms with van der Waals surface area (Å²) in [5, 5.41) is 0. The molecule has 1 aromatic carbocycles. The van der Waals surface area contributed by atoms with E-state index in [1.807, 2.05) is 0 Å². The number of benzene rings is 1. The molecule has 0 aromatic heterocycles. The van der Waals surface area contributed by atoms with Crippen LogP contribution >= 0.6 is 0 Å². The predicted octanol–water partition coefficient (Wildman–Crippen LogP) is 1.33. The SMILES string of the molecule is COc1ccc(/C=C/C(N)=O)c(F)c1. The van der Waals surface area contributed by atoms with Crippen LogP contribution in [0.15, 0.2) is 24.3 Å². The third-order valence-corrected chi connectivity index (χ3v) is 1.63. The summed E-state index contributed by atoms with van der Waals surface area (Å²) in [7, 11) is 1.45. The van der Waals surface area contributed by atoms with Crippen LogP contribution in [-0.4, -0.2) is 13.0 Å². The first-order valence-corrected chi connectivity index (χ1v) is 3.94. The molecule has 0 unspecified atom stereocenters. The van der Waals surface area contributed by atoms with Gasteiger partial charge >= 0.3 is 0 Å². The van der Waals surface area contributed by atoms with E-state index in [0.717, 1.165) is 6.08 Å². The highest BCUT2D eigenvalue weighted by molar-refractivity contribution is 5.90. The van der Waals surface area contributed by atoms with E-state index in [2.05, 4.69) is 0 Å². The second-order valence-corrected chi connectivity index (χ2v) is 2.62. The minimum absolute atomic E-state index is 0.296. The number of carbonyl (C=O) groups is 1. The fraction of sp³-hybridized carbons (Fsp3) is 0.100. The second kappa shape index (κ2) is 4.41. The zero-order chi connectivity index (χ0) is 10.6.